The Morgan fingerprint density at radius 1 is 0.365 bits per heavy atom. The van der Waals surface area contributed by atoms with Gasteiger partial charge in [-0.05, 0) is 27.2 Å². The smallest absolute Gasteiger partial charge is 0.347 e. The zero-order valence-corrected chi connectivity index (χ0v) is 89.0. The number of aromatic nitrogens is 22. The van der Waals surface area contributed by atoms with E-state index in [0.29, 0.717) is 6.42 Å². The van der Waals surface area contributed by atoms with E-state index in [1.54, 1.807) is 6.92 Å². The summed E-state index contributed by atoms with van der Waals surface area (Å²) in [5.74, 6) is -0.928. The van der Waals surface area contributed by atoms with Crippen molar-refractivity contribution in [3.8, 4) is 0 Å². The van der Waals surface area contributed by atoms with Crippen LogP contribution >= 0.6 is 47.1 Å². The molecule has 7 saturated heterocycles. The third-order valence-corrected chi connectivity index (χ3v) is 35.9. The van der Waals surface area contributed by atoms with Gasteiger partial charge in [-0.15, -0.1) is 0 Å². The molecule has 18 heterocycles. The second-order valence-corrected chi connectivity index (χ2v) is 53.3. The van der Waals surface area contributed by atoms with Crippen molar-refractivity contribution < 1.29 is 130 Å². The van der Waals surface area contributed by atoms with Crippen LogP contribution in [-0.4, -0.2) is 240 Å². The van der Waals surface area contributed by atoms with E-state index in [-0.39, 0.29) is 152 Å². The molecule has 0 bridgehead atoms. The van der Waals surface area contributed by atoms with E-state index in [1.165, 1.54) is 64.3 Å². The molecule has 148 heavy (non-hydrogen) atoms. The molecule has 0 radical (unpaired) electrons. The molecule has 7 unspecified atom stereocenters. The van der Waals surface area contributed by atoms with Gasteiger partial charge in [-0.3, -0.25) is 52.2 Å². The standard InChI is InChI=1S/C72H95N28O34P7S7/c1-6-29-33(10-48(124-29)99-24-85-55-63(99)92-68(77)94-66(55)102)132-139(111,146)116-15-41-30(7-37(122-41)50-26(2)57(73)90-70(104)87-50)129-136(108,143)115-14-40-31(8-38(121-40)51-27(3)58(74)91-71(105)88-51)130-138(110,145)119-18-44-35(12-47(126-44)98-23-84-54-60(76)80-21-82-62(54)98)133-141(113,148)120-19-45-36(13-49(127-45)100-25-86-56-64(100)93-69(78)95-67(56)103)134-140(112,147)117-16-42-32(9-39(123-42)52-28(4)65(101)96-72(106)89-52)131-137(109,144)118-17-43-34(128-135(107,142)114-5)11-46(125-43)97-22-83-53-59(75)79-20-81-61(53)97/h20-25,29-49H,6-19H2,1-5H3,(H,107,142)(H,108,143)(H,109,144)(H,110,145)(H,111,146)(H,112,147)(H,113,148)(H2,75,79,81)(H2,76,80,82)(H3,73,87,90,104)(H3,74,88,91,105)(H3,77,92,94,102)(H3,78,93,95,103)(H2,89,96,101,106)/p-7/t29-,30-,31-,32-,33-,34-,35-,36-,37-,38-,39-,40-,41-,42-,43-,44-,45-,46-,47-,48-,49-,135?,136?,137?,138?,139?,140?,141?/m1/s1. The molecule has 0 spiro atoms. The van der Waals surface area contributed by atoms with Gasteiger partial charge in [0.2, 0.25) is 11.9 Å². The quantitative estimate of drug-likeness (QED) is 0.0141. The molecule has 18 N–H and O–H groups in total. The van der Waals surface area contributed by atoms with E-state index < -0.39 is 256 Å². The van der Waals surface area contributed by atoms with Gasteiger partial charge in [-0.1, -0.05) is 77.8 Å². The van der Waals surface area contributed by atoms with E-state index in [2.05, 4.69) is 89.7 Å². The fourth-order valence-electron chi connectivity index (χ4n) is 17.7. The van der Waals surface area contributed by atoms with Crippen LogP contribution in [0.2, 0.25) is 0 Å². The van der Waals surface area contributed by atoms with Crippen LogP contribution in [0.4, 0.5) is 35.2 Å². The summed E-state index contributed by atoms with van der Waals surface area (Å²) in [4.78, 5) is 228. The van der Waals surface area contributed by atoms with Crippen LogP contribution in [0.5, 0.6) is 0 Å². The molecule has 804 valence electrons. The number of nitrogens with zero attached hydrogens (tertiary/aromatic N) is 16. The highest BCUT2D eigenvalue weighted by atomic mass is 32.7. The number of hydrogen-bond donors (Lipinski definition) is 12. The second kappa shape index (κ2) is 44.0. The minimum Gasteiger partial charge on any atom is -0.780 e. The molecule has 0 aromatic carbocycles. The van der Waals surface area contributed by atoms with Crippen molar-refractivity contribution in [2.75, 3.05) is 81.2 Å². The summed E-state index contributed by atoms with van der Waals surface area (Å²) in [6.45, 7) is -32.3. The normalized spacial score (nSPS) is 29.3. The molecular weight excluding hydrogens is 2240 g/mol. The van der Waals surface area contributed by atoms with E-state index in [9.17, 15) is 53.2 Å². The number of anilines is 6. The summed E-state index contributed by atoms with van der Waals surface area (Å²) in [6.07, 6.45) is -21.5. The molecule has 62 nitrogen and oxygen atoms in total. The number of rotatable bonds is 41. The van der Waals surface area contributed by atoms with Crippen molar-refractivity contribution in [2.24, 2.45) is 0 Å². The molecule has 76 heteroatoms. The molecule has 28 atom stereocenters. The number of fused-ring (bicyclic) bond motifs is 4. The van der Waals surface area contributed by atoms with E-state index in [0.717, 1.165) is 19.8 Å². The summed E-state index contributed by atoms with van der Waals surface area (Å²) in [5, 5.41) is 0. The third-order valence-electron chi connectivity index (χ3n) is 24.8. The van der Waals surface area contributed by atoms with Crippen molar-refractivity contribution in [1.29, 1.82) is 0 Å². The predicted molar refractivity (Wildman–Crippen MR) is 524 cm³/mol. The van der Waals surface area contributed by atoms with Crippen LogP contribution < -0.4 is 97.5 Å². The second-order valence-electron chi connectivity index (χ2n) is 34.3. The number of nitrogen functional groups attached to an aromatic ring is 6. The SMILES string of the molecule is CC[C@H]1O[C@@H](n2cnc3c(=O)[nH]c(N)nc32)C[C@H]1OP([O-])(=S)OC[C@H]1O[C@@H](c2[nH]c(=O)nc(N)c2C)C[C@H]1OP([O-])(=S)OC[C@H]1O[C@@H](c2[nH]c(=O)nc(N)c2C)C[C@H]1OP([O-])(=S)OC[C@H]1O[C@@H](n2cnc3c(N)ncnc32)C[C@H]1OP(=O)([S-])OC[C@H]1O[C@@H](n2cnc3c(=O)[nH]c(N)nc32)C[C@H]1OP([O-])(=S)OC[C@H]1O[C@@H](c2[nH]c(=O)[nH]c(=O)c2C)C[C@H]1OP([O-])(=S)OC[C@H]1O[C@@H](n2cnc3c(N)ncnc32)C[C@H]1OP([O-])(=S)OC. The highest BCUT2D eigenvalue weighted by Gasteiger charge is 2.50. The summed E-state index contributed by atoms with van der Waals surface area (Å²) < 4.78 is 148. The highest BCUT2D eigenvalue weighted by molar-refractivity contribution is 8.32. The van der Waals surface area contributed by atoms with Crippen molar-refractivity contribution in [1.82, 2.24) is 108 Å². The first kappa shape index (κ1) is 110. The molecule has 11 aromatic heterocycles. The number of aromatic amines is 6. The lowest BCUT2D eigenvalue weighted by atomic mass is 10.1. The zero-order chi connectivity index (χ0) is 106. The van der Waals surface area contributed by atoms with Gasteiger partial charge >= 0.3 is 17.1 Å². The molecule has 11 aromatic rings. The number of hydrogen-bond acceptors (Lipinski definition) is 59. The molecule has 7 aliphatic rings. The molecule has 7 fully saturated rings. The van der Waals surface area contributed by atoms with Gasteiger partial charge in [-0.25, -0.2) is 54.3 Å². The fourth-order valence-corrected chi connectivity index (χ4v) is 27.5. The first-order valence-corrected chi connectivity index (χ1v) is 62.1. The van der Waals surface area contributed by atoms with Crippen LogP contribution in [0.1, 0.15) is 135 Å². The lowest BCUT2D eigenvalue weighted by Gasteiger charge is -2.36. The Labute approximate surface area is 865 Å². The average molecular weight is 2330 g/mol. The largest absolute Gasteiger partial charge is 0.780 e. The highest BCUT2D eigenvalue weighted by Crippen LogP contribution is 2.58. The van der Waals surface area contributed by atoms with Crippen LogP contribution in [0.25, 0.3) is 44.7 Å². The van der Waals surface area contributed by atoms with Crippen LogP contribution in [0.3, 0.4) is 0 Å². The first-order valence-electron chi connectivity index (χ1n) is 44.2. The number of ether oxygens (including phenoxy) is 7. The van der Waals surface area contributed by atoms with Crippen LogP contribution in [0, 0.1) is 20.8 Å². The molecule has 0 amide bonds. The first-order chi connectivity index (χ1) is 69.9. The van der Waals surface area contributed by atoms with E-state index in [1.807, 2.05) is 0 Å². The Kier molecular flexibility index (Phi) is 32.8. The predicted octanol–water partition coefficient (Wildman–Crippen LogP) is -2.35. The Morgan fingerprint density at radius 2 is 0.669 bits per heavy atom. The lowest BCUT2D eigenvalue weighted by Crippen LogP contribution is -2.34. The Morgan fingerprint density at radius 3 is 1.03 bits per heavy atom. The molecule has 0 aliphatic carbocycles. The van der Waals surface area contributed by atoms with Crippen molar-refractivity contribution >= 4 is 210 Å². The van der Waals surface area contributed by atoms with Gasteiger partial charge in [0.15, 0.2) is 52.1 Å². The molecule has 0 saturated carbocycles. The number of nitrogens with two attached hydrogens (primary N) is 6. The van der Waals surface area contributed by atoms with Gasteiger partial charge in [0.05, 0.1) is 131 Å². The number of H-pyrrole nitrogens is 6. The number of imidazole rings is 4. The van der Waals surface area contributed by atoms with Gasteiger partial charge < -0.3 is 187 Å². The van der Waals surface area contributed by atoms with Gasteiger partial charge in [0.1, 0.15) is 155 Å². The summed E-state index contributed by atoms with van der Waals surface area (Å²) in [7, 11) is 1.06. The van der Waals surface area contributed by atoms with Crippen LogP contribution in [0.15, 0.2) is 66.7 Å². The maximum atomic E-state index is 15.1. The third kappa shape index (κ3) is 24.8. The maximum Gasteiger partial charge on any atom is 0.347 e. The van der Waals surface area contributed by atoms with Gasteiger partial charge in [-0.2, -0.15) is 19.9 Å². The summed E-state index contributed by atoms with van der Waals surface area (Å²) in [5.41, 5.74) is 32.4. The summed E-state index contributed by atoms with van der Waals surface area (Å²) in [6, 6.07) is 0. The average Bonchev–Trinajstić information content (AvgIpc) is 1.62. The van der Waals surface area contributed by atoms with Gasteiger partial charge in [0, 0.05) is 68.7 Å². The Balaban J connectivity index is 0.561. The van der Waals surface area contributed by atoms with Crippen molar-refractivity contribution in [3.63, 3.8) is 0 Å². The summed E-state index contributed by atoms with van der Waals surface area (Å²) >= 11 is 38.3. The monoisotopic (exact) mass is 2330 g/mol. The molecular formula is C72H88N28O34P7S7-7. The van der Waals surface area contributed by atoms with Crippen molar-refractivity contribution in [2.45, 2.75) is 208 Å². The lowest BCUT2D eigenvalue weighted by molar-refractivity contribution is -0.222. The minimum absolute atomic E-state index is 0.00116. The minimum atomic E-state index is -5.02. The zero-order valence-electron chi connectivity index (χ0n) is 77.0. The fraction of sp³-hybridized carbons (Fsp3) is 0.556. The van der Waals surface area contributed by atoms with E-state index >= 15 is 9.46 Å². The molecule has 18 rings (SSSR count). The van der Waals surface area contributed by atoms with Crippen LogP contribution in [-0.2, 0) is 184 Å². The van der Waals surface area contributed by atoms with Crippen molar-refractivity contribution in [3.05, 3.63) is 134 Å². The molecule has 7 aliphatic heterocycles. The topological polar surface area (TPSA) is 877 Å². The number of nitrogens with one attached hydrogen (secondary N) is 6. The Hall–Kier alpha value is -7.56. The maximum absolute atomic E-state index is 15.1. The van der Waals surface area contributed by atoms with E-state index in [4.69, 9.17) is 214 Å². The van der Waals surface area contributed by atoms with Gasteiger partial charge in [0.25, 0.3) is 16.7 Å². The Bertz CT molecular complexity index is 7670.